The zero-order valence-electron chi connectivity index (χ0n) is 26.0. The molecule has 6 heteroatoms. The topological polar surface area (TPSA) is 43.4 Å². The SMILES string of the molecule is CCCCCCCCOCC(CCCCCOCCCC)(COCCCN(C)C)COCCCN(C)C. The van der Waals surface area contributed by atoms with Crippen LogP contribution in [0.2, 0.25) is 0 Å². The summed E-state index contributed by atoms with van der Waals surface area (Å²) in [5.41, 5.74) is -0.0679. The first-order valence-corrected chi connectivity index (χ1v) is 15.6. The third-order valence-electron chi connectivity index (χ3n) is 6.79. The van der Waals surface area contributed by atoms with Crippen LogP contribution >= 0.6 is 0 Å². The molecule has 224 valence electrons. The van der Waals surface area contributed by atoms with Crippen LogP contribution in [-0.4, -0.2) is 104 Å². The van der Waals surface area contributed by atoms with E-state index >= 15 is 0 Å². The molecule has 0 unspecified atom stereocenters. The number of nitrogens with zero attached hydrogens (tertiary/aromatic N) is 2. The lowest BCUT2D eigenvalue weighted by atomic mass is 9.84. The van der Waals surface area contributed by atoms with Crippen LogP contribution in [0.4, 0.5) is 0 Å². The van der Waals surface area contributed by atoms with Crippen molar-refractivity contribution in [1.82, 2.24) is 9.80 Å². The number of hydrogen-bond acceptors (Lipinski definition) is 6. The van der Waals surface area contributed by atoms with E-state index in [1.165, 1.54) is 51.4 Å². The Hall–Kier alpha value is -0.240. The summed E-state index contributed by atoms with van der Waals surface area (Å²) in [4.78, 5) is 4.44. The first kappa shape index (κ1) is 36.8. The molecule has 6 nitrogen and oxygen atoms in total. The summed E-state index contributed by atoms with van der Waals surface area (Å²) >= 11 is 0. The van der Waals surface area contributed by atoms with Crippen LogP contribution in [0.15, 0.2) is 0 Å². The monoisotopic (exact) mass is 531 g/mol. The zero-order valence-corrected chi connectivity index (χ0v) is 26.0. The van der Waals surface area contributed by atoms with Gasteiger partial charge in [-0.2, -0.15) is 0 Å². The summed E-state index contributed by atoms with van der Waals surface area (Å²) in [6, 6.07) is 0. The highest BCUT2D eigenvalue weighted by Gasteiger charge is 2.31. The number of rotatable bonds is 30. The van der Waals surface area contributed by atoms with Crippen LogP contribution in [-0.2, 0) is 18.9 Å². The zero-order chi connectivity index (χ0) is 27.5. The molecular formula is C31H66N2O4. The molecule has 0 aliphatic rings. The Morgan fingerprint density at radius 3 is 1.35 bits per heavy atom. The molecule has 0 aliphatic carbocycles. The lowest BCUT2D eigenvalue weighted by Gasteiger charge is -2.33. The second-order valence-electron chi connectivity index (χ2n) is 11.5. The summed E-state index contributed by atoms with van der Waals surface area (Å²) < 4.78 is 24.6. The number of hydrogen-bond donors (Lipinski definition) is 0. The standard InChI is InChI=1S/C31H66N2O4/c1-7-9-11-12-13-16-25-35-28-31(29-36-26-18-21-32(3)4,30-37-27-19-22-33(5)6)20-15-14-17-24-34-23-10-8-2/h7-30H2,1-6H3. The van der Waals surface area contributed by atoms with Crippen molar-refractivity contribution in [2.24, 2.45) is 5.41 Å². The van der Waals surface area contributed by atoms with E-state index in [1.807, 2.05) is 0 Å². The Kier molecular flexibility index (Phi) is 27.2. The van der Waals surface area contributed by atoms with Gasteiger partial charge in [0.15, 0.2) is 0 Å². The predicted octanol–water partition coefficient (Wildman–Crippen LogP) is 6.66. The molecule has 0 aromatic rings. The fraction of sp³-hybridized carbons (Fsp3) is 1.00. The maximum atomic E-state index is 6.32. The molecule has 0 heterocycles. The average molecular weight is 531 g/mol. The van der Waals surface area contributed by atoms with E-state index in [0.717, 1.165) is 104 Å². The van der Waals surface area contributed by atoms with E-state index < -0.39 is 0 Å². The number of unbranched alkanes of at least 4 members (excludes halogenated alkanes) is 8. The second-order valence-corrected chi connectivity index (χ2v) is 11.5. The van der Waals surface area contributed by atoms with Crippen LogP contribution in [0.5, 0.6) is 0 Å². The minimum Gasteiger partial charge on any atom is -0.381 e. The van der Waals surface area contributed by atoms with Crippen molar-refractivity contribution in [3.8, 4) is 0 Å². The lowest BCUT2D eigenvalue weighted by molar-refractivity contribution is -0.0764. The van der Waals surface area contributed by atoms with Gasteiger partial charge in [0.2, 0.25) is 0 Å². The molecule has 0 aromatic heterocycles. The van der Waals surface area contributed by atoms with Gasteiger partial charge in [0.05, 0.1) is 19.8 Å². The molecule has 0 aliphatic heterocycles. The summed E-state index contributed by atoms with van der Waals surface area (Å²) in [5.74, 6) is 0. The summed E-state index contributed by atoms with van der Waals surface area (Å²) in [5, 5.41) is 0. The van der Waals surface area contributed by atoms with Gasteiger partial charge in [0.25, 0.3) is 0 Å². The Labute approximate surface area is 232 Å². The fourth-order valence-electron chi connectivity index (χ4n) is 4.39. The normalized spacial score (nSPS) is 12.3. The van der Waals surface area contributed by atoms with Crippen molar-refractivity contribution in [2.45, 2.75) is 104 Å². The fourth-order valence-corrected chi connectivity index (χ4v) is 4.39. The largest absolute Gasteiger partial charge is 0.381 e. The maximum absolute atomic E-state index is 6.32. The van der Waals surface area contributed by atoms with Crippen LogP contribution < -0.4 is 0 Å². The summed E-state index contributed by atoms with van der Waals surface area (Å²) in [7, 11) is 8.48. The van der Waals surface area contributed by atoms with Gasteiger partial charge in [-0.1, -0.05) is 65.2 Å². The molecular weight excluding hydrogens is 464 g/mol. The molecule has 0 radical (unpaired) electrons. The molecule has 37 heavy (non-hydrogen) atoms. The molecule has 0 amide bonds. The van der Waals surface area contributed by atoms with E-state index in [2.05, 4.69) is 51.8 Å². The van der Waals surface area contributed by atoms with Gasteiger partial charge in [0.1, 0.15) is 0 Å². The van der Waals surface area contributed by atoms with Gasteiger partial charge in [-0.05, 0) is 79.8 Å². The molecule has 0 rings (SSSR count). The second kappa shape index (κ2) is 27.3. The third-order valence-corrected chi connectivity index (χ3v) is 6.79. The first-order chi connectivity index (χ1) is 18.0. The van der Waals surface area contributed by atoms with Gasteiger partial charge in [0, 0.05) is 38.4 Å². The van der Waals surface area contributed by atoms with Crippen molar-refractivity contribution in [1.29, 1.82) is 0 Å². The minimum absolute atomic E-state index is 0.0679. The van der Waals surface area contributed by atoms with Gasteiger partial charge in [-0.15, -0.1) is 0 Å². The molecule has 0 fully saturated rings. The Morgan fingerprint density at radius 2 is 0.838 bits per heavy atom. The molecule has 0 bridgehead atoms. The summed E-state index contributed by atoms with van der Waals surface area (Å²) in [6.07, 6.45) is 16.8. The molecule has 0 saturated heterocycles. The Balaban J connectivity index is 4.80. The van der Waals surface area contributed by atoms with Crippen molar-refractivity contribution >= 4 is 0 Å². The van der Waals surface area contributed by atoms with Gasteiger partial charge in [-0.25, -0.2) is 0 Å². The van der Waals surface area contributed by atoms with Crippen LogP contribution in [0.1, 0.15) is 104 Å². The lowest BCUT2D eigenvalue weighted by Crippen LogP contribution is -2.38. The highest BCUT2D eigenvalue weighted by atomic mass is 16.5. The van der Waals surface area contributed by atoms with E-state index in [9.17, 15) is 0 Å². The van der Waals surface area contributed by atoms with Crippen molar-refractivity contribution < 1.29 is 18.9 Å². The molecule has 0 atom stereocenters. The van der Waals surface area contributed by atoms with Crippen molar-refractivity contribution in [3.05, 3.63) is 0 Å². The molecule has 0 aromatic carbocycles. The van der Waals surface area contributed by atoms with Gasteiger partial charge < -0.3 is 28.7 Å². The minimum atomic E-state index is -0.0679. The Morgan fingerprint density at radius 1 is 0.432 bits per heavy atom. The highest BCUT2D eigenvalue weighted by molar-refractivity contribution is 4.80. The predicted molar refractivity (Wildman–Crippen MR) is 159 cm³/mol. The van der Waals surface area contributed by atoms with Crippen LogP contribution in [0.3, 0.4) is 0 Å². The maximum Gasteiger partial charge on any atom is 0.0566 e. The van der Waals surface area contributed by atoms with E-state index in [4.69, 9.17) is 18.9 Å². The first-order valence-electron chi connectivity index (χ1n) is 15.6. The molecule has 0 N–H and O–H groups in total. The number of ether oxygens (including phenoxy) is 4. The smallest absolute Gasteiger partial charge is 0.0566 e. The van der Waals surface area contributed by atoms with E-state index in [-0.39, 0.29) is 5.41 Å². The highest BCUT2D eigenvalue weighted by Crippen LogP contribution is 2.28. The van der Waals surface area contributed by atoms with Gasteiger partial charge >= 0.3 is 0 Å². The van der Waals surface area contributed by atoms with E-state index in [1.54, 1.807) is 0 Å². The van der Waals surface area contributed by atoms with Crippen LogP contribution in [0.25, 0.3) is 0 Å². The van der Waals surface area contributed by atoms with E-state index in [0.29, 0.717) is 0 Å². The average Bonchev–Trinajstić information content (AvgIpc) is 2.86. The summed E-state index contributed by atoms with van der Waals surface area (Å²) in [6.45, 7) is 13.0. The third kappa shape index (κ3) is 25.8. The molecule has 0 spiro atoms. The van der Waals surface area contributed by atoms with Crippen molar-refractivity contribution in [2.75, 3.05) is 94.1 Å². The van der Waals surface area contributed by atoms with Crippen LogP contribution in [0, 0.1) is 5.41 Å². The quantitative estimate of drug-likeness (QED) is 0.0967. The van der Waals surface area contributed by atoms with Gasteiger partial charge in [-0.3, -0.25) is 0 Å². The van der Waals surface area contributed by atoms with Crippen molar-refractivity contribution in [3.63, 3.8) is 0 Å². The molecule has 0 saturated carbocycles. The Bertz CT molecular complexity index is 409.